The van der Waals surface area contributed by atoms with Gasteiger partial charge in [-0.1, -0.05) is 80.9 Å². The predicted octanol–water partition coefficient (Wildman–Crippen LogP) is 5.89. The lowest BCUT2D eigenvalue weighted by Crippen LogP contribution is -2.57. The Balaban J connectivity index is 1.38. The lowest BCUT2D eigenvalue weighted by atomic mass is 9.74. The van der Waals surface area contributed by atoms with Crippen LogP contribution in [0.4, 0.5) is 0 Å². The molecule has 4 nitrogen and oxygen atoms in total. The van der Waals surface area contributed by atoms with Crippen molar-refractivity contribution >= 4 is 0 Å². The van der Waals surface area contributed by atoms with Crippen molar-refractivity contribution in [3.63, 3.8) is 0 Å². The van der Waals surface area contributed by atoms with Gasteiger partial charge in [-0.3, -0.25) is 0 Å². The highest BCUT2D eigenvalue weighted by Crippen LogP contribution is 2.49. The van der Waals surface area contributed by atoms with Crippen molar-refractivity contribution in [1.82, 2.24) is 0 Å². The highest BCUT2D eigenvalue weighted by molar-refractivity contribution is 5.15. The van der Waals surface area contributed by atoms with Gasteiger partial charge in [-0.25, -0.2) is 0 Å². The highest BCUT2D eigenvalue weighted by atomic mass is 16.8. The Morgan fingerprint density at radius 1 is 0.688 bits per heavy atom. The quantitative estimate of drug-likeness (QED) is 0.566. The van der Waals surface area contributed by atoms with Crippen molar-refractivity contribution < 1.29 is 18.9 Å². The van der Waals surface area contributed by atoms with Crippen LogP contribution in [0.1, 0.15) is 57.1 Å². The molecule has 0 N–H and O–H groups in total. The van der Waals surface area contributed by atoms with Gasteiger partial charge in [0.1, 0.15) is 12.2 Å². The molecule has 0 bridgehead atoms. The van der Waals surface area contributed by atoms with Crippen molar-refractivity contribution in [3.05, 3.63) is 71.8 Å². The number of benzene rings is 2. The summed E-state index contributed by atoms with van der Waals surface area (Å²) >= 11 is 0. The fourth-order valence-electron chi connectivity index (χ4n) is 5.70. The summed E-state index contributed by atoms with van der Waals surface area (Å²) in [5.41, 5.74) is 2.35. The van der Waals surface area contributed by atoms with Crippen LogP contribution in [-0.4, -0.2) is 30.2 Å². The van der Waals surface area contributed by atoms with E-state index >= 15 is 0 Å². The van der Waals surface area contributed by atoms with Crippen molar-refractivity contribution in [3.8, 4) is 0 Å². The topological polar surface area (TPSA) is 36.9 Å². The van der Waals surface area contributed by atoms with Crippen LogP contribution in [0.15, 0.2) is 60.7 Å². The Hall–Kier alpha value is -1.72. The third kappa shape index (κ3) is 4.51. The van der Waals surface area contributed by atoms with Crippen LogP contribution in [0.25, 0.3) is 0 Å². The van der Waals surface area contributed by atoms with Crippen molar-refractivity contribution in [2.24, 2.45) is 11.8 Å². The summed E-state index contributed by atoms with van der Waals surface area (Å²) in [5, 5.41) is 0. The molecule has 32 heavy (non-hydrogen) atoms. The molecule has 172 valence electrons. The third-order valence-electron chi connectivity index (χ3n) is 7.72. The van der Waals surface area contributed by atoms with E-state index in [1.807, 2.05) is 12.1 Å². The molecule has 1 aliphatic heterocycles. The fraction of sp³-hybridized carbons (Fsp3) is 0.571. The van der Waals surface area contributed by atoms with Gasteiger partial charge in [-0.15, -0.1) is 0 Å². The molecule has 0 aromatic heterocycles. The zero-order valence-electron chi connectivity index (χ0n) is 19.3. The van der Waals surface area contributed by atoms with Gasteiger partial charge in [-0.05, 0) is 35.8 Å². The van der Waals surface area contributed by atoms with Gasteiger partial charge in [0.05, 0.1) is 25.4 Å². The van der Waals surface area contributed by atoms with Gasteiger partial charge in [0.25, 0.3) is 0 Å². The average Bonchev–Trinajstić information content (AvgIpc) is 3.20. The monoisotopic (exact) mass is 436 g/mol. The Labute approximate surface area is 192 Å². The van der Waals surface area contributed by atoms with Gasteiger partial charge < -0.3 is 18.9 Å². The summed E-state index contributed by atoms with van der Waals surface area (Å²) in [6, 6.07) is 20.8. The molecule has 3 fully saturated rings. The summed E-state index contributed by atoms with van der Waals surface area (Å²) < 4.78 is 26.7. The molecule has 2 aromatic rings. The second kappa shape index (κ2) is 9.64. The lowest BCUT2D eigenvalue weighted by molar-refractivity contribution is -0.212. The summed E-state index contributed by atoms with van der Waals surface area (Å²) in [7, 11) is 0. The van der Waals surface area contributed by atoms with Gasteiger partial charge in [0.15, 0.2) is 5.79 Å². The molecule has 0 radical (unpaired) electrons. The molecular weight excluding hydrogens is 400 g/mol. The van der Waals surface area contributed by atoms with E-state index in [-0.39, 0.29) is 24.4 Å². The summed E-state index contributed by atoms with van der Waals surface area (Å²) in [6.45, 7) is 5.71. The Morgan fingerprint density at radius 2 is 1.22 bits per heavy atom. The van der Waals surface area contributed by atoms with Crippen LogP contribution in [0.2, 0.25) is 0 Å². The minimum absolute atomic E-state index is 0.0440. The Bertz CT molecular complexity index is 848. The smallest absolute Gasteiger partial charge is 0.169 e. The van der Waals surface area contributed by atoms with Crippen molar-refractivity contribution in [1.29, 1.82) is 0 Å². The first-order valence-corrected chi connectivity index (χ1v) is 12.3. The number of fused-ring (bicyclic) bond motifs is 1. The number of hydrogen-bond donors (Lipinski definition) is 0. The van der Waals surface area contributed by atoms with Gasteiger partial charge >= 0.3 is 0 Å². The molecule has 1 heterocycles. The van der Waals surface area contributed by atoms with Crippen molar-refractivity contribution in [2.45, 2.75) is 89.4 Å². The molecule has 2 aliphatic carbocycles. The zero-order chi connectivity index (χ0) is 22.0. The molecule has 3 unspecified atom stereocenters. The van der Waals surface area contributed by atoms with E-state index in [1.54, 1.807) is 0 Å². The number of ether oxygens (including phenoxy) is 4. The van der Waals surface area contributed by atoms with Crippen LogP contribution >= 0.6 is 0 Å². The molecule has 5 rings (SSSR count). The molecular formula is C28H36O4. The minimum Gasteiger partial charge on any atom is -0.370 e. The Morgan fingerprint density at radius 3 is 1.81 bits per heavy atom. The zero-order valence-corrected chi connectivity index (χ0v) is 19.3. The molecule has 2 aromatic carbocycles. The first-order valence-electron chi connectivity index (χ1n) is 12.3. The standard InChI is InChI=1S/C28H36O4/c1-20-21(2)25-27(32-28(31-25)16-10-5-11-17-28)26(30-19-23-14-8-4-9-15-23)24(20)29-18-22-12-6-3-7-13-22/h3-4,6-9,12-15,20-21,24-27H,5,10-11,16-19H2,1-2H3/t20-,21?,24?,25?,26+,27+/m1/s1. The van der Waals surface area contributed by atoms with E-state index in [2.05, 4.69) is 62.4 Å². The van der Waals surface area contributed by atoms with Crippen LogP contribution < -0.4 is 0 Å². The molecule has 2 saturated carbocycles. The molecule has 1 spiro atoms. The molecule has 3 aliphatic rings. The van der Waals surface area contributed by atoms with Crippen molar-refractivity contribution in [2.75, 3.05) is 0 Å². The summed E-state index contributed by atoms with van der Waals surface area (Å²) in [6.07, 6.45) is 5.36. The third-order valence-corrected chi connectivity index (χ3v) is 7.72. The predicted molar refractivity (Wildman–Crippen MR) is 124 cm³/mol. The molecule has 1 saturated heterocycles. The normalized spacial score (nSPS) is 33.8. The lowest BCUT2D eigenvalue weighted by Gasteiger charge is -2.45. The molecule has 6 atom stereocenters. The van der Waals surface area contributed by atoms with E-state index in [1.165, 1.54) is 30.4 Å². The molecule has 4 heteroatoms. The van der Waals surface area contributed by atoms with Gasteiger partial charge in [-0.2, -0.15) is 0 Å². The maximum absolute atomic E-state index is 6.77. The SMILES string of the molecule is CC1C2OC3(CCCCC3)O[C@@H]2[C@@H](OCc2ccccc2)C(OCc2ccccc2)[C@@H]1C. The van der Waals surface area contributed by atoms with Crippen LogP contribution in [-0.2, 0) is 32.2 Å². The van der Waals surface area contributed by atoms with E-state index in [4.69, 9.17) is 18.9 Å². The van der Waals surface area contributed by atoms with E-state index in [0.29, 0.717) is 25.0 Å². The summed E-state index contributed by atoms with van der Waals surface area (Å²) in [4.78, 5) is 0. The number of rotatable bonds is 6. The highest BCUT2D eigenvalue weighted by Gasteiger charge is 2.59. The first-order chi connectivity index (χ1) is 15.7. The van der Waals surface area contributed by atoms with Crippen LogP contribution in [0.3, 0.4) is 0 Å². The fourth-order valence-corrected chi connectivity index (χ4v) is 5.70. The van der Waals surface area contributed by atoms with Crippen LogP contribution in [0, 0.1) is 11.8 Å². The maximum Gasteiger partial charge on any atom is 0.169 e. The minimum atomic E-state index is -0.426. The van der Waals surface area contributed by atoms with Gasteiger partial charge in [0, 0.05) is 12.8 Å². The molecule has 0 amide bonds. The first kappa shape index (κ1) is 22.1. The maximum atomic E-state index is 6.77. The summed E-state index contributed by atoms with van der Waals surface area (Å²) in [5.74, 6) is 0.228. The second-order valence-corrected chi connectivity index (χ2v) is 9.88. The number of hydrogen-bond acceptors (Lipinski definition) is 4. The van der Waals surface area contributed by atoms with E-state index < -0.39 is 5.79 Å². The van der Waals surface area contributed by atoms with E-state index in [0.717, 1.165) is 12.8 Å². The van der Waals surface area contributed by atoms with E-state index in [9.17, 15) is 0 Å². The Kier molecular flexibility index (Phi) is 6.66. The second-order valence-electron chi connectivity index (χ2n) is 9.88. The average molecular weight is 437 g/mol. The largest absolute Gasteiger partial charge is 0.370 e. The van der Waals surface area contributed by atoms with Gasteiger partial charge in [0.2, 0.25) is 0 Å². The van der Waals surface area contributed by atoms with Crippen LogP contribution in [0.5, 0.6) is 0 Å².